The molecule has 0 heterocycles. The maximum Gasteiger partial charge on any atom is 0.340 e. The third-order valence-electron chi connectivity index (χ3n) is 3.12. The van der Waals surface area contributed by atoms with Gasteiger partial charge in [0.1, 0.15) is 6.61 Å². The van der Waals surface area contributed by atoms with Gasteiger partial charge in [0, 0.05) is 5.56 Å². The molecule has 0 aliphatic heterocycles. The number of ether oxygens (including phenoxy) is 1. The van der Waals surface area contributed by atoms with Crippen LogP contribution in [0.2, 0.25) is 0 Å². The average Bonchev–Trinajstić information content (AvgIpc) is 2.53. The van der Waals surface area contributed by atoms with Crippen LogP contribution < -0.4 is 5.32 Å². The van der Waals surface area contributed by atoms with Gasteiger partial charge in [-0.25, -0.2) is 4.79 Å². The minimum atomic E-state index is -0.653. The number of ketones is 1. The second-order valence-corrected chi connectivity index (χ2v) is 5.14. The number of rotatable bonds is 5. The Bertz CT molecular complexity index is 735. The Morgan fingerprint density at radius 1 is 1.00 bits per heavy atom. The summed E-state index contributed by atoms with van der Waals surface area (Å²) in [6.45, 7) is 2.97. The molecule has 0 fully saturated rings. The number of benzene rings is 2. The van der Waals surface area contributed by atoms with Crippen LogP contribution >= 0.6 is 0 Å². The Labute approximate surface area is 134 Å². The molecule has 0 aliphatic carbocycles. The molecule has 0 spiro atoms. The monoisotopic (exact) mass is 311 g/mol. The van der Waals surface area contributed by atoms with E-state index in [1.807, 2.05) is 19.1 Å². The number of carbonyl (C=O) groups is 3. The fourth-order valence-corrected chi connectivity index (χ4v) is 1.91. The highest BCUT2D eigenvalue weighted by Gasteiger charge is 2.15. The highest BCUT2D eigenvalue weighted by atomic mass is 16.5. The molecule has 0 saturated carbocycles. The Morgan fingerprint density at radius 3 is 2.30 bits per heavy atom. The number of nitrogens with one attached hydrogen (secondary N) is 1. The van der Waals surface area contributed by atoms with Crippen molar-refractivity contribution in [3.8, 4) is 0 Å². The van der Waals surface area contributed by atoms with Crippen molar-refractivity contribution in [3.05, 3.63) is 65.2 Å². The lowest BCUT2D eigenvalue weighted by Crippen LogP contribution is -2.17. The first-order chi connectivity index (χ1) is 11.0. The standard InChI is InChI=1S/C18H17NO4/c1-12-7-9-14(10-8-12)17(21)19-16-6-4-3-5-15(16)18(22)23-11-13(2)20/h3-10H,11H2,1-2H3,(H,19,21). The van der Waals surface area contributed by atoms with Crippen molar-refractivity contribution in [2.24, 2.45) is 0 Å². The van der Waals surface area contributed by atoms with Crippen molar-refractivity contribution >= 4 is 23.3 Å². The van der Waals surface area contributed by atoms with Gasteiger partial charge in [0.2, 0.25) is 0 Å². The molecule has 0 atom stereocenters. The van der Waals surface area contributed by atoms with E-state index in [0.29, 0.717) is 11.3 Å². The molecule has 5 heteroatoms. The van der Waals surface area contributed by atoms with E-state index in [0.717, 1.165) is 5.56 Å². The zero-order valence-corrected chi connectivity index (χ0v) is 13.0. The molecule has 5 nitrogen and oxygen atoms in total. The summed E-state index contributed by atoms with van der Waals surface area (Å²) < 4.78 is 4.89. The van der Waals surface area contributed by atoms with Crippen molar-refractivity contribution in [3.63, 3.8) is 0 Å². The third kappa shape index (κ3) is 4.51. The maximum atomic E-state index is 12.2. The van der Waals surface area contributed by atoms with Crippen LogP contribution in [0.15, 0.2) is 48.5 Å². The molecule has 0 saturated heterocycles. The van der Waals surface area contributed by atoms with E-state index < -0.39 is 5.97 Å². The highest BCUT2D eigenvalue weighted by molar-refractivity contribution is 6.08. The van der Waals surface area contributed by atoms with Crippen molar-refractivity contribution < 1.29 is 19.1 Å². The molecule has 0 radical (unpaired) electrons. The number of anilines is 1. The van der Waals surface area contributed by atoms with Crippen LogP contribution in [-0.4, -0.2) is 24.3 Å². The molecule has 23 heavy (non-hydrogen) atoms. The average molecular weight is 311 g/mol. The fraction of sp³-hybridized carbons (Fsp3) is 0.167. The van der Waals surface area contributed by atoms with Crippen LogP contribution in [-0.2, 0) is 9.53 Å². The lowest BCUT2D eigenvalue weighted by molar-refractivity contribution is -0.120. The summed E-state index contributed by atoms with van der Waals surface area (Å²) in [5.41, 5.74) is 2.08. The summed E-state index contributed by atoms with van der Waals surface area (Å²) in [6.07, 6.45) is 0. The smallest absolute Gasteiger partial charge is 0.340 e. The summed E-state index contributed by atoms with van der Waals surface area (Å²) >= 11 is 0. The Balaban J connectivity index is 2.16. The molecule has 0 aliphatic rings. The molecule has 0 aromatic heterocycles. The summed E-state index contributed by atoms with van der Waals surface area (Å²) in [5.74, 6) is -1.23. The van der Waals surface area contributed by atoms with Crippen molar-refractivity contribution in [2.75, 3.05) is 11.9 Å². The molecule has 2 aromatic carbocycles. The number of aryl methyl sites for hydroxylation is 1. The van der Waals surface area contributed by atoms with Crippen LogP contribution in [0.3, 0.4) is 0 Å². The topological polar surface area (TPSA) is 72.5 Å². The largest absolute Gasteiger partial charge is 0.454 e. The van der Waals surface area contributed by atoms with Crippen LogP contribution in [0.4, 0.5) is 5.69 Å². The Hall–Kier alpha value is -2.95. The molecule has 1 amide bonds. The van der Waals surface area contributed by atoms with E-state index in [-0.39, 0.29) is 23.9 Å². The fourth-order valence-electron chi connectivity index (χ4n) is 1.91. The maximum absolute atomic E-state index is 12.2. The first-order valence-electron chi connectivity index (χ1n) is 7.11. The van der Waals surface area contributed by atoms with Gasteiger partial charge in [-0.15, -0.1) is 0 Å². The van der Waals surface area contributed by atoms with Gasteiger partial charge in [0.15, 0.2) is 5.78 Å². The van der Waals surface area contributed by atoms with Crippen LogP contribution in [0.25, 0.3) is 0 Å². The van der Waals surface area contributed by atoms with Crippen LogP contribution in [0.1, 0.15) is 33.2 Å². The minimum absolute atomic E-state index is 0.203. The SMILES string of the molecule is CC(=O)COC(=O)c1ccccc1NC(=O)c1ccc(C)cc1. The van der Waals surface area contributed by atoms with Crippen LogP contribution in [0.5, 0.6) is 0 Å². The molecule has 0 unspecified atom stereocenters. The summed E-state index contributed by atoms with van der Waals surface area (Å²) in [4.78, 5) is 35.2. The van der Waals surface area contributed by atoms with Gasteiger partial charge in [-0.1, -0.05) is 29.8 Å². The molecular weight excluding hydrogens is 294 g/mol. The number of Topliss-reactive ketones (excluding diaryl/α,β-unsaturated/α-hetero) is 1. The van der Waals surface area contributed by atoms with E-state index in [2.05, 4.69) is 5.32 Å². The van der Waals surface area contributed by atoms with Crippen LogP contribution in [0, 0.1) is 6.92 Å². The highest BCUT2D eigenvalue weighted by Crippen LogP contribution is 2.17. The number of para-hydroxylation sites is 1. The molecular formula is C18H17NO4. The second-order valence-electron chi connectivity index (χ2n) is 5.14. The molecule has 1 N–H and O–H groups in total. The number of carbonyl (C=O) groups excluding carboxylic acids is 3. The predicted octanol–water partition coefficient (Wildman–Crippen LogP) is 2.99. The second kappa shape index (κ2) is 7.35. The van der Waals surface area contributed by atoms with Gasteiger partial charge in [0.25, 0.3) is 5.91 Å². The van der Waals surface area contributed by atoms with E-state index in [1.165, 1.54) is 13.0 Å². The third-order valence-corrected chi connectivity index (χ3v) is 3.12. The van der Waals surface area contributed by atoms with E-state index in [4.69, 9.17) is 4.74 Å². The van der Waals surface area contributed by atoms with Gasteiger partial charge < -0.3 is 10.1 Å². The van der Waals surface area contributed by atoms with Crippen molar-refractivity contribution in [2.45, 2.75) is 13.8 Å². The first kappa shape index (κ1) is 16.4. The number of amides is 1. The quantitative estimate of drug-likeness (QED) is 0.862. The zero-order chi connectivity index (χ0) is 16.8. The lowest BCUT2D eigenvalue weighted by atomic mass is 10.1. The summed E-state index contributed by atoms with van der Waals surface area (Å²) in [5, 5.41) is 2.69. The van der Waals surface area contributed by atoms with Gasteiger partial charge >= 0.3 is 5.97 Å². The van der Waals surface area contributed by atoms with E-state index in [1.54, 1.807) is 30.3 Å². The van der Waals surface area contributed by atoms with E-state index >= 15 is 0 Å². The zero-order valence-electron chi connectivity index (χ0n) is 13.0. The predicted molar refractivity (Wildman–Crippen MR) is 86.5 cm³/mol. The lowest BCUT2D eigenvalue weighted by Gasteiger charge is -2.10. The number of esters is 1. The Morgan fingerprint density at radius 2 is 1.65 bits per heavy atom. The molecule has 0 bridgehead atoms. The molecule has 2 rings (SSSR count). The van der Waals surface area contributed by atoms with Gasteiger partial charge in [0.05, 0.1) is 11.3 Å². The van der Waals surface area contributed by atoms with Crippen molar-refractivity contribution in [1.29, 1.82) is 0 Å². The summed E-state index contributed by atoms with van der Waals surface area (Å²) in [7, 11) is 0. The minimum Gasteiger partial charge on any atom is -0.454 e. The number of hydrogen-bond acceptors (Lipinski definition) is 4. The summed E-state index contributed by atoms with van der Waals surface area (Å²) in [6, 6.07) is 13.6. The Kier molecular flexibility index (Phi) is 5.25. The van der Waals surface area contributed by atoms with E-state index in [9.17, 15) is 14.4 Å². The number of hydrogen-bond donors (Lipinski definition) is 1. The van der Waals surface area contributed by atoms with Crippen molar-refractivity contribution in [1.82, 2.24) is 0 Å². The van der Waals surface area contributed by atoms with Gasteiger partial charge in [-0.3, -0.25) is 9.59 Å². The van der Waals surface area contributed by atoms with Gasteiger partial charge in [-0.05, 0) is 38.1 Å². The normalized spacial score (nSPS) is 10.0. The first-order valence-corrected chi connectivity index (χ1v) is 7.11. The van der Waals surface area contributed by atoms with Gasteiger partial charge in [-0.2, -0.15) is 0 Å². The molecule has 2 aromatic rings. The molecule has 118 valence electrons.